The molecule has 1 unspecified atom stereocenters. The Kier molecular flexibility index (Phi) is 9.87. The minimum atomic E-state index is 0.406. The number of ether oxygens (including phenoxy) is 2. The molecule has 130 valence electrons. The second-order valence-electron chi connectivity index (χ2n) is 5.49. The third-order valence-corrected chi connectivity index (χ3v) is 3.42. The van der Waals surface area contributed by atoms with Crippen LogP contribution in [0.3, 0.4) is 0 Å². The van der Waals surface area contributed by atoms with E-state index in [9.17, 15) is 0 Å². The number of nitrogens with one attached hydrogen (secondary N) is 2. The SMILES string of the molecule is CCNC(=NCc1cccc(OCCCOC)c1)NC(C)CC. The highest BCUT2D eigenvalue weighted by Crippen LogP contribution is 2.14. The first-order valence-corrected chi connectivity index (χ1v) is 8.45. The van der Waals surface area contributed by atoms with Gasteiger partial charge in [0.25, 0.3) is 0 Å². The number of nitrogens with zero attached hydrogens (tertiary/aromatic N) is 1. The van der Waals surface area contributed by atoms with Crippen molar-refractivity contribution < 1.29 is 9.47 Å². The lowest BCUT2D eigenvalue weighted by Crippen LogP contribution is -2.41. The van der Waals surface area contributed by atoms with Crippen molar-refractivity contribution in [2.75, 3.05) is 26.9 Å². The van der Waals surface area contributed by atoms with Crippen LogP contribution in [0.2, 0.25) is 0 Å². The largest absolute Gasteiger partial charge is 0.493 e. The molecule has 0 aromatic heterocycles. The molecule has 0 aliphatic heterocycles. The summed E-state index contributed by atoms with van der Waals surface area (Å²) in [4.78, 5) is 4.64. The molecular formula is C18H31N3O2. The highest BCUT2D eigenvalue weighted by Gasteiger charge is 2.03. The van der Waals surface area contributed by atoms with Gasteiger partial charge in [0.1, 0.15) is 5.75 Å². The summed E-state index contributed by atoms with van der Waals surface area (Å²) in [7, 11) is 1.70. The van der Waals surface area contributed by atoms with Crippen molar-refractivity contribution in [3.05, 3.63) is 29.8 Å². The lowest BCUT2D eigenvalue weighted by Gasteiger charge is -2.16. The van der Waals surface area contributed by atoms with Gasteiger partial charge in [-0.05, 0) is 38.0 Å². The average molecular weight is 321 g/mol. The summed E-state index contributed by atoms with van der Waals surface area (Å²) in [5.41, 5.74) is 1.13. The topological polar surface area (TPSA) is 54.9 Å². The van der Waals surface area contributed by atoms with Gasteiger partial charge in [-0.1, -0.05) is 19.1 Å². The maximum Gasteiger partial charge on any atom is 0.191 e. The van der Waals surface area contributed by atoms with Gasteiger partial charge >= 0.3 is 0 Å². The molecule has 0 aliphatic rings. The quantitative estimate of drug-likeness (QED) is 0.395. The fourth-order valence-corrected chi connectivity index (χ4v) is 1.95. The minimum Gasteiger partial charge on any atom is -0.493 e. The lowest BCUT2D eigenvalue weighted by molar-refractivity contribution is 0.172. The van der Waals surface area contributed by atoms with Crippen molar-refractivity contribution in [1.29, 1.82) is 0 Å². The Morgan fingerprint density at radius 2 is 2.09 bits per heavy atom. The van der Waals surface area contributed by atoms with Crippen molar-refractivity contribution in [3.8, 4) is 5.75 Å². The van der Waals surface area contributed by atoms with Gasteiger partial charge in [-0.25, -0.2) is 4.99 Å². The zero-order valence-corrected chi connectivity index (χ0v) is 14.9. The Morgan fingerprint density at radius 3 is 2.78 bits per heavy atom. The van der Waals surface area contributed by atoms with Crippen LogP contribution >= 0.6 is 0 Å². The summed E-state index contributed by atoms with van der Waals surface area (Å²) < 4.78 is 10.7. The van der Waals surface area contributed by atoms with E-state index in [1.807, 2.05) is 18.2 Å². The highest BCUT2D eigenvalue weighted by atomic mass is 16.5. The smallest absolute Gasteiger partial charge is 0.191 e. The van der Waals surface area contributed by atoms with Gasteiger partial charge < -0.3 is 20.1 Å². The molecular weight excluding hydrogens is 290 g/mol. The van der Waals surface area contributed by atoms with Gasteiger partial charge in [-0.3, -0.25) is 0 Å². The number of aliphatic imine (C=N–C) groups is 1. The van der Waals surface area contributed by atoms with Crippen molar-refractivity contribution in [3.63, 3.8) is 0 Å². The number of hydrogen-bond acceptors (Lipinski definition) is 3. The van der Waals surface area contributed by atoms with Crippen molar-refractivity contribution >= 4 is 5.96 Å². The molecule has 23 heavy (non-hydrogen) atoms. The fraction of sp³-hybridized carbons (Fsp3) is 0.611. The van der Waals surface area contributed by atoms with Gasteiger partial charge in [0.15, 0.2) is 5.96 Å². The summed E-state index contributed by atoms with van der Waals surface area (Å²) >= 11 is 0. The zero-order chi connectivity index (χ0) is 16.9. The average Bonchev–Trinajstić information content (AvgIpc) is 2.57. The lowest BCUT2D eigenvalue weighted by atomic mass is 10.2. The Morgan fingerprint density at radius 1 is 1.26 bits per heavy atom. The van der Waals surface area contributed by atoms with Gasteiger partial charge in [0, 0.05) is 32.7 Å². The molecule has 0 saturated carbocycles. The Hall–Kier alpha value is -1.75. The number of benzene rings is 1. The van der Waals surface area contributed by atoms with E-state index < -0.39 is 0 Å². The van der Waals surface area contributed by atoms with Crippen LogP contribution in [0.15, 0.2) is 29.3 Å². The third kappa shape index (κ3) is 8.45. The predicted molar refractivity (Wildman–Crippen MR) is 96.1 cm³/mol. The van der Waals surface area contributed by atoms with Crippen LogP contribution in [0.5, 0.6) is 5.75 Å². The fourth-order valence-electron chi connectivity index (χ4n) is 1.95. The van der Waals surface area contributed by atoms with E-state index in [-0.39, 0.29) is 0 Å². The van der Waals surface area contributed by atoms with Gasteiger partial charge in [-0.15, -0.1) is 0 Å². The van der Waals surface area contributed by atoms with E-state index in [1.165, 1.54) is 0 Å². The van der Waals surface area contributed by atoms with Crippen LogP contribution in [0.4, 0.5) is 0 Å². The van der Waals surface area contributed by atoms with E-state index in [0.717, 1.165) is 43.3 Å². The molecule has 0 aliphatic carbocycles. The summed E-state index contributed by atoms with van der Waals surface area (Å²) in [6.07, 6.45) is 1.96. The molecule has 0 bridgehead atoms. The highest BCUT2D eigenvalue weighted by molar-refractivity contribution is 5.80. The molecule has 1 aromatic rings. The van der Waals surface area contributed by atoms with E-state index in [1.54, 1.807) is 7.11 Å². The van der Waals surface area contributed by atoms with E-state index in [2.05, 4.69) is 42.5 Å². The zero-order valence-electron chi connectivity index (χ0n) is 14.9. The molecule has 1 aromatic carbocycles. The minimum absolute atomic E-state index is 0.406. The first-order chi connectivity index (χ1) is 11.2. The Labute approximate surface area is 140 Å². The molecule has 0 heterocycles. The second kappa shape index (κ2) is 11.8. The van der Waals surface area contributed by atoms with Crippen LogP contribution in [0.1, 0.15) is 39.2 Å². The predicted octanol–water partition coefficient (Wildman–Crippen LogP) is 2.96. The first-order valence-electron chi connectivity index (χ1n) is 8.45. The number of guanidine groups is 1. The molecule has 1 atom stereocenters. The van der Waals surface area contributed by atoms with Gasteiger partial charge in [0.05, 0.1) is 13.2 Å². The van der Waals surface area contributed by atoms with E-state index in [0.29, 0.717) is 19.2 Å². The molecule has 0 saturated heterocycles. The van der Waals surface area contributed by atoms with Gasteiger partial charge in [0.2, 0.25) is 0 Å². The van der Waals surface area contributed by atoms with Crippen LogP contribution in [0.25, 0.3) is 0 Å². The van der Waals surface area contributed by atoms with Crippen LogP contribution in [-0.2, 0) is 11.3 Å². The molecule has 0 fully saturated rings. The van der Waals surface area contributed by atoms with Crippen molar-refractivity contribution in [2.24, 2.45) is 4.99 Å². The molecule has 5 heteroatoms. The van der Waals surface area contributed by atoms with Crippen molar-refractivity contribution in [1.82, 2.24) is 10.6 Å². The molecule has 0 radical (unpaired) electrons. The van der Waals surface area contributed by atoms with E-state index in [4.69, 9.17) is 9.47 Å². The molecule has 0 amide bonds. The Bertz CT molecular complexity index is 463. The van der Waals surface area contributed by atoms with Crippen LogP contribution in [-0.4, -0.2) is 38.9 Å². The summed E-state index contributed by atoms with van der Waals surface area (Å²) in [5, 5.41) is 6.67. The third-order valence-electron chi connectivity index (χ3n) is 3.42. The maximum atomic E-state index is 5.73. The Balaban J connectivity index is 2.58. The number of rotatable bonds is 10. The summed E-state index contributed by atoms with van der Waals surface area (Å²) in [5.74, 6) is 1.74. The van der Waals surface area contributed by atoms with Crippen LogP contribution in [0, 0.1) is 0 Å². The maximum absolute atomic E-state index is 5.73. The molecule has 0 spiro atoms. The van der Waals surface area contributed by atoms with Crippen molar-refractivity contribution in [2.45, 2.75) is 46.2 Å². The van der Waals surface area contributed by atoms with Crippen LogP contribution < -0.4 is 15.4 Å². The second-order valence-corrected chi connectivity index (χ2v) is 5.49. The number of hydrogen-bond donors (Lipinski definition) is 2. The monoisotopic (exact) mass is 321 g/mol. The summed E-state index contributed by atoms with van der Waals surface area (Å²) in [6.45, 7) is 9.25. The molecule has 1 rings (SSSR count). The molecule has 5 nitrogen and oxygen atoms in total. The molecule has 2 N–H and O–H groups in total. The normalized spacial score (nSPS) is 12.8. The standard InChI is InChI=1S/C18H31N3O2/c1-5-15(3)21-18(19-6-2)20-14-16-9-7-10-17(13-16)23-12-8-11-22-4/h7,9-10,13,15H,5-6,8,11-12,14H2,1-4H3,(H2,19,20,21). The summed E-state index contributed by atoms with van der Waals surface area (Å²) in [6, 6.07) is 8.50. The van der Waals surface area contributed by atoms with Gasteiger partial charge in [-0.2, -0.15) is 0 Å². The number of methoxy groups -OCH3 is 1. The van der Waals surface area contributed by atoms with E-state index >= 15 is 0 Å². The first kappa shape index (κ1) is 19.3.